The van der Waals surface area contributed by atoms with Gasteiger partial charge in [0.1, 0.15) is 5.76 Å². The number of benzene rings is 1. The molecule has 0 saturated heterocycles. The van der Waals surface area contributed by atoms with Crippen molar-refractivity contribution in [3.05, 3.63) is 53.5 Å². The van der Waals surface area contributed by atoms with Gasteiger partial charge in [-0.05, 0) is 43.2 Å². The Morgan fingerprint density at radius 3 is 2.70 bits per heavy atom. The summed E-state index contributed by atoms with van der Waals surface area (Å²) in [5.41, 5.74) is 1.18. The van der Waals surface area contributed by atoms with Crippen LogP contribution in [0.5, 0.6) is 0 Å². The van der Waals surface area contributed by atoms with Crippen LogP contribution in [-0.4, -0.2) is 13.5 Å². The van der Waals surface area contributed by atoms with Gasteiger partial charge in [0.25, 0.3) is 0 Å². The van der Waals surface area contributed by atoms with Gasteiger partial charge in [0.2, 0.25) is 10.0 Å². The molecule has 0 aliphatic rings. The Morgan fingerprint density at radius 1 is 1.35 bits per heavy atom. The maximum Gasteiger partial charge on any atom is 0.241 e. The summed E-state index contributed by atoms with van der Waals surface area (Å²) >= 11 is 0. The number of aliphatic hydroxyl groups excluding tert-OH is 1. The molecule has 1 aromatic carbocycles. The number of rotatable bonds is 5. The lowest BCUT2D eigenvalue weighted by atomic mass is 10.2. The summed E-state index contributed by atoms with van der Waals surface area (Å²) in [6.07, 6.45) is 1.50. The van der Waals surface area contributed by atoms with Crippen molar-refractivity contribution in [1.82, 2.24) is 4.72 Å². The van der Waals surface area contributed by atoms with E-state index in [2.05, 4.69) is 4.72 Å². The number of aryl methyl sites for hydroxylation is 1. The molecule has 1 atom stereocenters. The fourth-order valence-corrected chi connectivity index (χ4v) is 3.43. The molecule has 108 valence electrons. The molecule has 1 unspecified atom stereocenters. The predicted molar refractivity (Wildman–Crippen MR) is 74.5 cm³/mol. The lowest BCUT2D eigenvalue weighted by molar-refractivity contribution is 0.281. The number of sulfonamides is 1. The quantitative estimate of drug-likeness (QED) is 0.885. The molecule has 0 saturated carbocycles. The highest BCUT2D eigenvalue weighted by molar-refractivity contribution is 7.89. The van der Waals surface area contributed by atoms with Crippen LogP contribution in [0.4, 0.5) is 0 Å². The van der Waals surface area contributed by atoms with Gasteiger partial charge in [0.15, 0.2) is 0 Å². The van der Waals surface area contributed by atoms with Crippen LogP contribution in [0.1, 0.15) is 29.9 Å². The minimum Gasteiger partial charge on any atom is -0.468 e. The molecule has 0 aliphatic heterocycles. The maximum atomic E-state index is 12.4. The van der Waals surface area contributed by atoms with E-state index < -0.39 is 16.1 Å². The van der Waals surface area contributed by atoms with Gasteiger partial charge in [-0.15, -0.1) is 0 Å². The summed E-state index contributed by atoms with van der Waals surface area (Å²) in [5.74, 6) is 0.546. The van der Waals surface area contributed by atoms with E-state index in [-0.39, 0.29) is 11.5 Å². The first kappa shape index (κ1) is 14.8. The topological polar surface area (TPSA) is 79.5 Å². The molecule has 6 heteroatoms. The standard InChI is InChI=1S/C14H17NO4S/c1-10-5-6-12(9-16)8-14(10)20(17,18)15-11(2)13-4-3-7-19-13/h3-8,11,15-16H,9H2,1-2H3. The molecule has 0 bridgehead atoms. The minimum atomic E-state index is -3.67. The summed E-state index contributed by atoms with van der Waals surface area (Å²) < 4.78 is 32.5. The predicted octanol–water partition coefficient (Wildman–Crippen LogP) is 2.12. The summed E-state index contributed by atoms with van der Waals surface area (Å²) in [7, 11) is -3.67. The molecule has 0 amide bonds. The second-order valence-electron chi connectivity index (χ2n) is 4.62. The second-order valence-corrected chi connectivity index (χ2v) is 6.30. The van der Waals surface area contributed by atoms with E-state index in [1.807, 2.05) is 0 Å². The molecule has 0 spiro atoms. The van der Waals surface area contributed by atoms with E-state index in [1.165, 1.54) is 12.3 Å². The van der Waals surface area contributed by atoms with Crippen LogP contribution in [-0.2, 0) is 16.6 Å². The number of aliphatic hydroxyl groups is 1. The third-order valence-electron chi connectivity index (χ3n) is 3.03. The largest absolute Gasteiger partial charge is 0.468 e. The highest BCUT2D eigenvalue weighted by atomic mass is 32.2. The molecule has 1 heterocycles. The van der Waals surface area contributed by atoms with Gasteiger partial charge in [-0.25, -0.2) is 13.1 Å². The number of furan rings is 1. The average molecular weight is 295 g/mol. The Bertz CT molecular complexity index is 677. The zero-order chi connectivity index (χ0) is 14.8. The maximum absolute atomic E-state index is 12.4. The minimum absolute atomic E-state index is 0.169. The van der Waals surface area contributed by atoms with E-state index in [1.54, 1.807) is 38.1 Å². The van der Waals surface area contributed by atoms with Crippen molar-refractivity contribution in [2.75, 3.05) is 0 Å². The molecule has 0 aliphatic carbocycles. The van der Waals surface area contributed by atoms with Crippen molar-refractivity contribution in [2.24, 2.45) is 0 Å². The first-order valence-corrected chi connectivity index (χ1v) is 7.68. The van der Waals surface area contributed by atoms with Gasteiger partial charge < -0.3 is 9.52 Å². The molecule has 5 nitrogen and oxygen atoms in total. The monoisotopic (exact) mass is 295 g/mol. The third-order valence-corrected chi connectivity index (χ3v) is 4.71. The van der Waals surface area contributed by atoms with E-state index >= 15 is 0 Å². The number of nitrogens with one attached hydrogen (secondary N) is 1. The first-order valence-electron chi connectivity index (χ1n) is 6.20. The fourth-order valence-electron chi connectivity index (χ4n) is 1.92. The second kappa shape index (κ2) is 5.78. The smallest absolute Gasteiger partial charge is 0.241 e. The van der Waals surface area contributed by atoms with E-state index in [0.717, 1.165) is 0 Å². The number of hydrogen-bond donors (Lipinski definition) is 2. The molecular weight excluding hydrogens is 278 g/mol. The molecule has 2 N–H and O–H groups in total. The van der Waals surface area contributed by atoms with Gasteiger partial charge in [0.05, 0.1) is 23.8 Å². The van der Waals surface area contributed by atoms with Crippen LogP contribution in [0.25, 0.3) is 0 Å². The van der Waals surface area contributed by atoms with Crippen LogP contribution in [0.3, 0.4) is 0 Å². The van der Waals surface area contributed by atoms with Crippen LogP contribution >= 0.6 is 0 Å². The average Bonchev–Trinajstić information content (AvgIpc) is 2.92. The van der Waals surface area contributed by atoms with Crippen molar-refractivity contribution in [2.45, 2.75) is 31.4 Å². The number of hydrogen-bond acceptors (Lipinski definition) is 4. The van der Waals surface area contributed by atoms with Gasteiger partial charge in [-0.2, -0.15) is 0 Å². The highest BCUT2D eigenvalue weighted by Gasteiger charge is 2.21. The molecule has 0 radical (unpaired) electrons. The van der Waals surface area contributed by atoms with Crippen LogP contribution < -0.4 is 4.72 Å². The van der Waals surface area contributed by atoms with Gasteiger partial charge in [-0.3, -0.25) is 0 Å². The molecule has 2 aromatic rings. The fraction of sp³-hybridized carbons (Fsp3) is 0.286. The van der Waals surface area contributed by atoms with Crippen molar-refractivity contribution >= 4 is 10.0 Å². The highest BCUT2D eigenvalue weighted by Crippen LogP contribution is 2.21. The Balaban J connectivity index is 2.31. The Morgan fingerprint density at radius 2 is 2.10 bits per heavy atom. The Labute approximate surface area is 118 Å². The summed E-state index contributed by atoms with van der Waals surface area (Å²) in [6.45, 7) is 3.23. The first-order chi connectivity index (χ1) is 9.44. The molecular formula is C14H17NO4S. The van der Waals surface area contributed by atoms with E-state index in [0.29, 0.717) is 16.9 Å². The summed E-state index contributed by atoms with van der Waals surface area (Å²) in [5, 5.41) is 9.12. The lowest BCUT2D eigenvalue weighted by Crippen LogP contribution is -2.27. The normalized spacial score (nSPS) is 13.3. The van der Waals surface area contributed by atoms with Crippen molar-refractivity contribution in [1.29, 1.82) is 0 Å². The van der Waals surface area contributed by atoms with Gasteiger partial charge in [0, 0.05) is 0 Å². The van der Waals surface area contributed by atoms with Crippen molar-refractivity contribution < 1.29 is 17.9 Å². The van der Waals surface area contributed by atoms with E-state index in [4.69, 9.17) is 9.52 Å². The van der Waals surface area contributed by atoms with Crippen LogP contribution in [0.15, 0.2) is 45.9 Å². The van der Waals surface area contributed by atoms with Crippen molar-refractivity contribution in [3.8, 4) is 0 Å². The van der Waals surface area contributed by atoms with Crippen LogP contribution in [0.2, 0.25) is 0 Å². The lowest BCUT2D eigenvalue weighted by Gasteiger charge is -2.14. The molecule has 20 heavy (non-hydrogen) atoms. The van der Waals surface area contributed by atoms with Gasteiger partial charge in [-0.1, -0.05) is 12.1 Å². The zero-order valence-electron chi connectivity index (χ0n) is 11.3. The third kappa shape index (κ3) is 3.09. The molecule has 2 rings (SSSR count). The Hall–Kier alpha value is -1.63. The zero-order valence-corrected chi connectivity index (χ0v) is 12.1. The summed E-state index contributed by atoms with van der Waals surface area (Å²) in [4.78, 5) is 0.169. The molecule has 1 aromatic heterocycles. The molecule has 0 fully saturated rings. The SMILES string of the molecule is Cc1ccc(CO)cc1S(=O)(=O)NC(C)c1ccco1. The summed E-state index contributed by atoms with van der Waals surface area (Å²) in [6, 6.07) is 7.81. The van der Waals surface area contributed by atoms with Crippen LogP contribution in [0, 0.1) is 6.92 Å². The van der Waals surface area contributed by atoms with Gasteiger partial charge >= 0.3 is 0 Å². The Kier molecular flexibility index (Phi) is 4.27. The van der Waals surface area contributed by atoms with E-state index in [9.17, 15) is 8.42 Å². The van der Waals surface area contributed by atoms with Crippen molar-refractivity contribution in [3.63, 3.8) is 0 Å².